The summed E-state index contributed by atoms with van der Waals surface area (Å²) < 4.78 is 0. The van der Waals surface area contributed by atoms with Crippen LogP contribution in [0.4, 0.5) is 0 Å². The van der Waals surface area contributed by atoms with Crippen molar-refractivity contribution in [1.29, 1.82) is 0 Å². The molecular formula is C16H14N4O3. The Labute approximate surface area is 131 Å². The third-order valence-corrected chi connectivity index (χ3v) is 3.24. The first-order chi connectivity index (χ1) is 11.1. The first-order valence-corrected chi connectivity index (χ1v) is 6.88. The largest absolute Gasteiger partial charge is 0.508 e. The first-order valence-electron chi connectivity index (χ1n) is 6.88. The number of phenols is 2. The van der Waals surface area contributed by atoms with Gasteiger partial charge in [0.05, 0.1) is 17.8 Å². The molecule has 2 aromatic heterocycles. The van der Waals surface area contributed by atoms with Crippen LogP contribution in [-0.2, 0) is 6.54 Å². The predicted octanol–water partition coefficient (Wildman–Crippen LogP) is 1.81. The number of amides is 1. The number of pyridine rings is 1. The highest BCUT2D eigenvalue weighted by Crippen LogP contribution is 2.22. The van der Waals surface area contributed by atoms with Gasteiger partial charge in [0, 0.05) is 30.2 Å². The molecule has 7 nitrogen and oxygen atoms in total. The molecule has 1 amide bonds. The van der Waals surface area contributed by atoms with E-state index in [4.69, 9.17) is 0 Å². The van der Waals surface area contributed by atoms with Crippen molar-refractivity contribution < 1.29 is 15.0 Å². The van der Waals surface area contributed by atoms with E-state index in [1.54, 1.807) is 18.6 Å². The second kappa shape index (κ2) is 6.18. The fourth-order valence-electron chi connectivity index (χ4n) is 2.09. The van der Waals surface area contributed by atoms with Gasteiger partial charge in [-0.2, -0.15) is 0 Å². The third-order valence-electron chi connectivity index (χ3n) is 3.24. The van der Waals surface area contributed by atoms with Crippen molar-refractivity contribution in [3.8, 4) is 22.9 Å². The van der Waals surface area contributed by atoms with Crippen molar-refractivity contribution in [3.63, 3.8) is 0 Å². The second-order valence-corrected chi connectivity index (χ2v) is 4.86. The van der Waals surface area contributed by atoms with Crippen LogP contribution in [0.5, 0.6) is 11.5 Å². The summed E-state index contributed by atoms with van der Waals surface area (Å²) in [5.74, 6) is -0.143. The van der Waals surface area contributed by atoms with Crippen LogP contribution in [0, 0.1) is 0 Å². The number of rotatable bonds is 4. The fourth-order valence-corrected chi connectivity index (χ4v) is 2.09. The molecule has 0 atom stereocenters. The van der Waals surface area contributed by atoms with Gasteiger partial charge in [-0.05, 0) is 24.3 Å². The van der Waals surface area contributed by atoms with Crippen molar-refractivity contribution >= 4 is 5.91 Å². The first kappa shape index (κ1) is 14.6. The Morgan fingerprint density at radius 3 is 2.70 bits per heavy atom. The lowest BCUT2D eigenvalue weighted by molar-refractivity contribution is 0.0948. The second-order valence-electron chi connectivity index (χ2n) is 4.86. The summed E-state index contributed by atoms with van der Waals surface area (Å²) in [7, 11) is 0. The number of nitrogens with one attached hydrogen (secondary N) is 2. The van der Waals surface area contributed by atoms with Crippen LogP contribution >= 0.6 is 0 Å². The van der Waals surface area contributed by atoms with Crippen molar-refractivity contribution in [3.05, 3.63) is 60.2 Å². The van der Waals surface area contributed by atoms with Gasteiger partial charge in [0.2, 0.25) is 0 Å². The van der Waals surface area contributed by atoms with E-state index >= 15 is 0 Å². The topological polar surface area (TPSA) is 111 Å². The highest BCUT2D eigenvalue weighted by atomic mass is 16.3. The zero-order chi connectivity index (χ0) is 16.2. The Hall–Kier alpha value is -3.35. The van der Waals surface area contributed by atoms with Gasteiger partial charge >= 0.3 is 0 Å². The Balaban J connectivity index is 1.67. The smallest absolute Gasteiger partial charge is 0.255 e. The van der Waals surface area contributed by atoms with Crippen LogP contribution in [0.3, 0.4) is 0 Å². The molecule has 0 aliphatic carbocycles. The van der Waals surface area contributed by atoms with E-state index in [1.165, 1.54) is 12.1 Å². The maximum absolute atomic E-state index is 12.0. The molecule has 23 heavy (non-hydrogen) atoms. The summed E-state index contributed by atoms with van der Waals surface area (Å²) in [5.41, 5.74) is 1.64. The van der Waals surface area contributed by atoms with Crippen molar-refractivity contribution in [2.75, 3.05) is 0 Å². The normalized spacial score (nSPS) is 10.4. The molecule has 0 aliphatic rings. The van der Waals surface area contributed by atoms with Crippen LogP contribution in [0.15, 0.2) is 48.9 Å². The van der Waals surface area contributed by atoms with E-state index < -0.39 is 5.91 Å². The number of imidazole rings is 1. The van der Waals surface area contributed by atoms with E-state index in [0.717, 1.165) is 11.6 Å². The molecule has 116 valence electrons. The number of aromatic amines is 1. The van der Waals surface area contributed by atoms with Gasteiger partial charge in [0.1, 0.15) is 17.3 Å². The maximum Gasteiger partial charge on any atom is 0.255 e. The Morgan fingerprint density at radius 1 is 1.17 bits per heavy atom. The van der Waals surface area contributed by atoms with Crippen LogP contribution in [-0.4, -0.2) is 31.1 Å². The molecular weight excluding hydrogens is 296 g/mol. The average Bonchev–Trinajstić information content (AvgIpc) is 3.02. The molecule has 7 heteroatoms. The summed E-state index contributed by atoms with van der Waals surface area (Å²) >= 11 is 0. The van der Waals surface area contributed by atoms with Gasteiger partial charge in [0.25, 0.3) is 5.91 Å². The molecule has 3 rings (SSSR count). The summed E-state index contributed by atoms with van der Waals surface area (Å²) in [5, 5.41) is 21.6. The maximum atomic E-state index is 12.0. The summed E-state index contributed by atoms with van der Waals surface area (Å²) in [6.07, 6.45) is 5.05. The zero-order valence-electron chi connectivity index (χ0n) is 12.0. The van der Waals surface area contributed by atoms with E-state index in [9.17, 15) is 15.0 Å². The van der Waals surface area contributed by atoms with Gasteiger partial charge < -0.3 is 20.5 Å². The lowest BCUT2D eigenvalue weighted by Crippen LogP contribution is -2.23. The van der Waals surface area contributed by atoms with Gasteiger partial charge in [0.15, 0.2) is 0 Å². The minimum absolute atomic E-state index is 0.0905. The minimum Gasteiger partial charge on any atom is -0.508 e. The molecule has 1 aromatic carbocycles. The quantitative estimate of drug-likeness (QED) is 0.587. The van der Waals surface area contributed by atoms with Crippen LogP contribution in [0.25, 0.3) is 11.4 Å². The summed E-state index contributed by atoms with van der Waals surface area (Å²) in [6, 6.07) is 7.47. The summed E-state index contributed by atoms with van der Waals surface area (Å²) in [4.78, 5) is 23.4. The van der Waals surface area contributed by atoms with Crippen molar-refractivity contribution in [2.45, 2.75) is 6.54 Å². The van der Waals surface area contributed by atoms with Crippen molar-refractivity contribution in [1.82, 2.24) is 20.3 Å². The molecule has 0 fully saturated rings. The third kappa shape index (κ3) is 3.29. The number of carbonyl (C=O) groups excluding carboxylic acids is 1. The lowest BCUT2D eigenvalue weighted by Gasteiger charge is -2.05. The van der Waals surface area contributed by atoms with E-state index in [-0.39, 0.29) is 23.6 Å². The Morgan fingerprint density at radius 2 is 1.96 bits per heavy atom. The predicted molar refractivity (Wildman–Crippen MR) is 82.8 cm³/mol. The van der Waals surface area contributed by atoms with E-state index in [1.807, 2.05) is 12.1 Å². The van der Waals surface area contributed by atoms with Crippen LogP contribution in [0.1, 0.15) is 16.1 Å². The molecule has 0 aliphatic heterocycles. The number of nitrogens with zero attached hydrogens (tertiary/aromatic N) is 2. The number of aromatic nitrogens is 3. The fraction of sp³-hybridized carbons (Fsp3) is 0.0625. The number of phenolic OH excluding ortho intramolecular Hbond substituents is 2. The van der Waals surface area contributed by atoms with Crippen LogP contribution in [0.2, 0.25) is 0 Å². The monoisotopic (exact) mass is 310 g/mol. The Bertz CT molecular complexity index is 830. The number of hydrogen-bond acceptors (Lipinski definition) is 5. The molecule has 0 saturated carbocycles. The highest BCUT2D eigenvalue weighted by Gasteiger charge is 2.12. The average molecular weight is 310 g/mol. The van der Waals surface area contributed by atoms with Gasteiger partial charge in [-0.1, -0.05) is 0 Å². The minimum atomic E-state index is -0.448. The number of H-pyrrole nitrogens is 1. The molecule has 0 radical (unpaired) electrons. The molecule has 0 unspecified atom stereocenters. The molecule has 2 heterocycles. The number of carbonyl (C=O) groups is 1. The molecule has 4 N–H and O–H groups in total. The number of benzene rings is 1. The van der Waals surface area contributed by atoms with Gasteiger partial charge in [-0.3, -0.25) is 9.78 Å². The number of hydrogen-bond donors (Lipinski definition) is 4. The summed E-state index contributed by atoms with van der Waals surface area (Å²) in [6.45, 7) is 0.209. The Kier molecular flexibility index (Phi) is 3.92. The van der Waals surface area contributed by atoms with Gasteiger partial charge in [-0.25, -0.2) is 4.98 Å². The molecule has 3 aromatic rings. The standard InChI is InChI=1S/C16H14N4O3/c21-12-1-2-13(14(22)7-12)16(23)19-9-11-8-18-15(20-11)10-3-5-17-6-4-10/h1-8,21-22H,9H2,(H,18,20)(H,19,23). The molecule has 0 bridgehead atoms. The SMILES string of the molecule is O=C(NCc1c[nH]c(-c2ccncc2)n1)c1ccc(O)cc1O. The van der Waals surface area contributed by atoms with Crippen LogP contribution < -0.4 is 5.32 Å². The zero-order valence-corrected chi connectivity index (χ0v) is 12.0. The number of aromatic hydroxyl groups is 2. The van der Waals surface area contributed by atoms with E-state index in [0.29, 0.717) is 11.5 Å². The molecule has 0 saturated heterocycles. The lowest BCUT2D eigenvalue weighted by atomic mass is 10.2. The van der Waals surface area contributed by atoms with Crippen molar-refractivity contribution in [2.24, 2.45) is 0 Å². The molecule has 0 spiro atoms. The highest BCUT2D eigenvalue weighted by molar-refractivity contribution is 5.96. The van der Waals surface area contributed by atoms with E-state index in [2.05, 4.69) is 20.3 Å². The van der Waals surface area contributed by atoms with Gasteiger partial charge in [-0.15, -0.1) is 0 Å².